The largest absolute Gasteiger partial charge is 0.311 e. The highest BCUT2D eigenvalue weighted by Gasteiger charge is 2.13. The maximum Gasteiger partial charge on any atom is 0.0543 e. The van der Waals surface area contributed by atoms with Crippen LogP contribution in [0, 0.1) is 0 Å². The van der Waals surface area contributed by atoms with Crippen LogP contribution in [0.15, 0.2) is 12.4 Å². The first-order valence-electron chi connectivity index (χ1n) is 5.87. The van der Waals surface area contributed by atoms with Crippen LogP contribution in [0.3, 0.4) is 0 Å². The summed E-state index contributed by atoms with van der Waals surface area (Å²) in [6, 6.07) is 0. The average Bonchev–Trinajstić information content (AvgIpc) is 2.65. The molecule has 0 amide bonds. The second kappa shape index (κ2) is 5.78. The monoisotopic (exact) mass is 257 g/mol. The van der Waals surface area contributed by atoms with Gasteiger partial charge in [-0.25, -0.2) is 0 Å². The van der Waals surface area contributed by atoms with Crippen LogP contribution in [-0.4, -0.2) is 32.0 Å². The summed E-state index contributed by atoms with van der Waals surface area (Å²) in [4.78, 5) is 0. The van der Waals surface area contributed by atoms with Gasteiger partial charge in [0.15, 0.2) is 0 Å². The summed E-state index contributed by atoms with van der Waals surface area (Å²) in [5.74, 6) is 0. The third-order valence-electron chi connectivity index (χ3n) is 2.65. The minimum absolute atomic E-state index is 0.0243. The van der Waals surface area contributed by atoms with Crippen LogP contribution in [0.2, 0.25) is 0 Å². The first-order chi connectivity index (χ1) is 7.80. The van der Waals surface area contributed by atoms with Gasteiger partial charge in [-0.05, 0) is 27.7 Å². The molecule has 2 atom stereocenters. The van der Waals surface area contributed by atoms with E-state index in [1.54, 1.807) is 6.26 Å². The standard InChI is InChI=1S/C12H23N3OS/c1-10(17(5)16)6-13-7-11-8-14-15(9-11)12(2,3)4/h8-10,13H,6-7H2,1-5H3. The normalized spacial score (nSPS) is 15.8. The minimum atomic E-state index is -0.760. The number of nitrogens with zero attached hydrogens (tertiary/aromatic N) is 2. The molecule has 1 rings (SSSR count). The molecule has 5 heteroatoms. The number of hydrogen-bond donors (Lipinski definition) is 1. The Bertz CT molecular complexity index is 381. The third kappa shape index (κ3) is 4.60. The predicted molar refractivity (Wildman–Crippen MR) is 72.5 cm³/mol. The van der Waals surface area contributed by atoms with E-state index in [4.69, 9.17) is 0 Å². The summed E-state index contributed by atoms with van der Waals surface area (Å²) in [7, 11) is -0.760. The van der Waals surface area contributed by atoms with E-state index in [-0.39, 0.29) is 10.8 Å². The molecule has 4 nitrogen and oxygen atoms in total. The fraction of sp³-hybridized carbons (Fsp3) is 0.750. The Morgan fingerprint density at radius 1 is 1.53 bits per heavy atom. The van der Waals surface area contributed by atoms with E-state index in [1.807, 2.05) is 17.8 Å². The Kier molecular flexibility index (Phi) is 4.89. The van der Waals surface area contributed by atoms with Crippen molar-refractivity contribution in [1.29, 1.82) is 0 Å². The average molecular weight is 257 g/mol. The molecule has 1 aromatic heterocycles. The first-order valence-corrected chi connectivity index (χ1v) is 7.50. The fourth-order valence-electron chi connectivity index (χ4n) is 1.36. The van der Waals surface area contributed by atoms with Crippen molar-refractivity contribution < 1.29 is 4.21 Å². The molecule has 1 heterocycles. The van der Waals surface area contributed by atoms with Gasteiger partial charge < -0.3 is 5.32 Å². The van der Waals surface area contributed by atoms with Gasteiger partial charge in [-0.2, -0.15) is 5.10 Å². The molecule has 0 aliphatic rings. The van der Waals surface area contributed by atoms with Crippen LogP contribution < -0.4 is 5.32 Å². The van der Waals surface area contributed by atoms with Crippen molar-refractivity contribution in [3.8, 4) is 0 Å². The number of hydrogen-bond acceptors (Lipinski definition) is 3. The summed E-state index contributed by atoms with van der Waals surface area (Å²) in [6.07, 6.45) is 5.68. The molecule has 2 unspecified atom stereocenters. The zero-order valence-electron chi connectivity index (χ0n) is 11.4. The van der Waals surface area contributed by atoms with Crippen molar-refractivity contribution in [2.45, 2.75) is 45.0 Å². The van der Waals surface area contributed by atoms with Gasteiger partial charge in [0.1, 0.15) is 0 Å². The Labute approximate surface area is 106 Å². The van der Waals surface area contributed by atoms with Crippen molar-refractivity contribution in [1.82, 2.24) is 15.1 Å². The van der Waals surface area contributed by atoms with Crippen LogP contribution in [-0.2, 0) is 22.9 Å². The number of nitrogens with one attached hydrogen (secondary N) is 1. The lowest BCUT2D eigenvalue weighted by Crippen LogP contribution is -2.27. The van der Waals surface area contributed by atoms with Gasteiger partial charge in [0, 0.05) is 47.2 Å². The number of rotatable bonds is 5. The van der Waals surface area contributed by atoms with Gasteiger partial charge >= 0.3 is 0 Å². The van der Waals surface area contributed by atoms with E-state index >= 15 is 0 Å². The summed E-state index contributed by atoms with van der Waals surface area (Å²) >= 11 is 0. The van der Waals surface area contributed by atoms with E-state index in [1.165, 1.54) is 0 Å². The highest BCUT2D eigenvalue weighted by atomic mass is 32.2. The lowest BCUT2D eigenvalue weighted by molar-refractivity contribution is 0.355. The van der Waals surface area contributed by atoms with Crippen LogP contribution in [0.1, 0.15) is 33.3 Å². The van der Waals surface area contributed by atoms with Crippen LogP contribution in [0.25, 0.3) is 0 Å². The van der Waals surface area contributed by atoms with Crippen molar-refractivity contribution in [2.24, 2.45) is 0 Å². The van der Waals surface area contributed by atoms with Crippen molar-refractivity contribution in [3.05, 3.63) is 18.0 Å². The van der Waals surface area contributed by atoms with E-state index in [0.29, 0.717) is 0 Å². The van der Waals surface area contributed by atoms with Crippen molar-refractivity contribution in [3.63, 3.8) is 0 Å². The molecule has 0 aliphatic carbocycles. The zero-order chi connectivity index (χ0) is 13.1. The van der Waals surface area contributed by atoms with Gasteiger partial charge in [0.05, 0.1) is 11.7 Å². The zero-order valence-corrected chi connectivity index (χ0v) is 12.2. The molecule has 0 fully saturated rings. The van der Waals surface area contributed by atoms with Crippen LogP contribution in [0.4, 0.5) is 0 Å². The van der Waals surface area contributed by atoms with Gasteiger partial charge in [-0.15, -0.1) is 0 Å². The quantitative estimate of drug-likeness (QED) is 0.869. The van der Waals surface area contributed by atoms with E-state index in [9.17, 15) is 4.21 Å². The van der Waals surface area contributed by atoms with E-state index in [0.717, 1.165) is 18.7 Å². The third-order valence-corrected chi connectivity index (χ3v) is 3.95. The SMILES string of the molecule is CC(CNCc1cnn(C(C)(C)C)c1)S(C)=O. The second-order valence-electron chi connectivity index (χ2n) is 5.40. The van der Waals surface area contributed by atoms with Crippen molar-refractivity contribution in [2.75, 3.05) is 12.8 Å². The molecule has 0 saturated heterocycles. The highest BCUT2D eigenvalue weighted by Crippen LogP contribution is 2.12. The highest BCUT2D eigenvalue weighted by molar-refractivity contribution is 7.84. The Morgan fingerprint density at radius 3 is 2.65 bits per heavy atom. The van der Waals surface area contributed by atoms with E-state index in [2.05, 4.69) is 37.4 Å². The Hall–Kier alpha value is -0.680. The summed E-state index contributed by atoms with van der Waals surface area (Å²) in [5.41, 5.74) is 1.19. The molecular formula is C12H23N3OS. The molecule has 1 aromatic rings. The van der Waals surface area contributed by atoms with Gasteiger partial charge in [-0.3, -0.25) is 8.89 Å². The topological polar surface area (TPSA) is 46.9 Å². The van der Waals surface area contributed by atoms with Gasteiger partial charge in [0.25, 0.3) is 0 Å². The molecule has 0 spiro atoms. The van der Waals surface area contributed by atoms with Crippen LogP contribution >= 0.6 is 0 Å². The maximum absolute atomic E-state index is 11.2. The lowest BCUT2D eigenvalue weighted by atomic mass is 10.1. The smallest absolute Gasteiger partial charge is 0.0543 e. The lowest BCUT2D eigenvalue weighted by Gasteiger charge is -2.18. The minimum Gasteiger partial charge on any atom is -0.311 e. The molecule has 0 bridgehead atoms. The summed E-state index contributed by atoms with van der Waals surface area (Å²) in [6.45, 7) is 9.90. The summed E-state index contributed by atoms with van der Waals surface area (Å²) in [5, 5.41) is 7.83. The second-order valence-corrected chi connectivity index (χ2v) is 7.21. The fourth-order valence-corrected chi connectivity index (χ4v) is 1.71. The van der Waals surface area contributed by atoms with Gasteiger partial charge in [0.2, 0.25) is 0 Å². The molecule has 0 aromatic carbocycles. The molecular weight excluding hydrogens is 234 g/mol. The van der Waals surface area contributed by atoms with Gasteiger partial charge in [-0.1, -0.05) is 0 Å². The van der Waals surface area contributed by atoms with E-state index < -0.39 is 10.8 Å². The van der Waals surface area contributed by atoms with Crippen LogP contribution in [0.5, 0.6) is 0 Å². The molecule has 0 aliphatic heterocycles. The molecule has 0 radical (unpaired) electrons. The Balaban J connectivity index is 2.43. The molecule has 98 valence electrons. The maximum atomic E-state index is 11.2. The van der Waals surface area contributed by atoms with Crippen molar-refractivity contribution >= 4 is 10.8 Å². The molecule has 17 heavy (non-hydrogen) atoms. The predicted octanol–water partition coefficient (Wildman–Crippen LogP) is 1.49. The summed E-state index contributed by atoms with van der Waals surface area (Å²) < 4.78 is 13.1. The Morgan fingerprint density at radius 2 is 2.18 bits per heavy atom. The first kappa shape index (κ1) is 14.4. The molecule has 0 saturated carbocycles. The molecule has 1 N–H and O–H groups in total. The number of aromatic nitrogens is 2.